The summed E-state index contributed by atoms with van der Waals surface area (Å²) in [7, 11) is 5.98. The van der Waals surface area contributed by atoms with Gasteiger partial charge in [-0.3, -0.25) is 15.5 Å². The van der Waals surface area contributed by atoms with Crippen LogP contribution in [0.25, 0.3) is 11.3 Å². The van der Waals surface area contributed by atoms with E-state index in [0.717, 1.165) is 5.56 Å². The third kappa shape index (κ3) is 4.83. The Morgan fingerprint density at radius 1 is 1.03 bits per heavy atom. The van der Waals surface area contributed by atoms with Crippen molar-refractivity contribution < 1.29 is 23.9 Å². The number of nitrogens with zero attached hydrogens (tertiary/aromatic N) is 3. The number of hydrazone groups is 1. The van der Waals surface area contributed by atoms with Gasteiger partial charge in [-0.1, -0.05) is 0 Å². The molecular formula is C20H20N4O6S. The van der Waals surface area contributed by atoms with E-state index in [2.05, 4.69) is 15.5 Å². The summed E-state index contributed by atoms with van der Waals surface area (Å²) >= 11 is 1.35. The maximum Gasteiger partial charge on any atom is 0.311 e. The minimum atomic E-state index is -0.529. The molecule has 0 radical (unpaired) electrons. The molecule has 0 spiro atoms. The number of nitrogens with one attached hydrogen (secondary N) is 1. The molecule has 31 heavy (non-hydrogen) atoms. The van der Waals surface area contributed by atoms with E-state index >= 15 is 0 Å². The average molecular weight is 444 g/mol. The number of thiazole rings is 1. The quantitative estimate of drug-likeness (QED) is 0.296. The molecule has 1 heterocycles. The number of ether oxygens (including phenoxy) is 4. The van der Waals surface area contributed by atoms with E-state index in [1.807, 2.05) is 17.5 Å². The number of hydrogen-bond donors (Lipinski definition) is 1. The maximum absolute atomic E-state index is 11.3. The first-order valence-electron chi connectivity index (χ1n) is 8.88. The molecule has 3 aromatic rings. The van der Waals surface area contributed by atoms with Crippen LogP contribution in [0.5, 0.6) is 23.0 Å². The molecule has 1 N–H and O–H groups in total. The number of rotatable bonds is 9. The Morgan fingerprint density at radius 3 is 2.42 bits per heavy atom. The van der Waals surface area contributed by atoms with Crippen LogP contribution in [0.2, 0.25) is 0 Å². The molecule has 0 aliphatic carbocycles. The third-order valence-corrected chi connectivity index (χ3v) is 5.03. The lowest BCUT2D eigenvalue weighted by molar-refractivity contribution is -0.385. The lowest BCUT2D eigenvalue weighted by Crippen LogP contribution is -1.99. The first-order chi connectivity index (χ1) is 15.0. The second kappa shape index (κ2) is 9.76. The van der Waals surface area contributed by atoms with Crippen molar-refractivity contribution in [2.24, 2.45) is 5.10 Å². The van der Waals surface area contributed by atoms with Crippen molar-refractivity contribution in [3.63, 3.8) is 0 Å². The molecule has 10 nitrogen and oxygen atoms in total. The molecule has 162 valence electrons. The van der Waals surface area contributed by atoms with E-state index in [1.165, 1.54) is 43.9 Å². The van der Waals surface area contributed by atoms with Crippen LogP contribution in [0, 0.1) is 10.1 Å². The molecule has 0 saturated heterocycles. The number of nitro groups is 1. The van der Waals surface area contributed by atoms with Crippen LogP contribution in [0.4, 0.5) is 10.8 Å². The van der Waals surface area contributed by atoms with Crippen LogP contribution >= 0.6 is 11.3 Å². The molecule has 0 bridgehead atoms. The summed E-state index contributed by atoms with van der Waals surface area (Å²) in [6, 6.07) is 8.24. The summed E-state index contributed by atoms with van der Waals surface area (Å²) < 4.78 is 21.0. The zero-order valence-electron chi connectivity index (χ0n) is 17.2. The van der Waals surface area contributed by atoms with Gasteiger partial charge in [0.15, 0.2) is 0 Å². The van der Waals surface area contributed by atoms with Gasteiger partial charge in [-0.05, 0) is 12.1 Å². The van der Waals surface area contributed by atoms with Crippen molar-refractivity contribution >= 4 is 28.4 Å². The van der Waals surface area contributed by atoms with Crippen LogP contribution < -0.4 is 24.4 Å². The predicted molar refractivity (Wildman–Crippen MR) is 118 cm³/mol. The van der Waals surface area contributed by atoms with Gasteiger partial charge < -0.3 is 18.9 Å². The smallest absolute Gasteiger partial charge is 0.311 e. The molecule has 0 saturated carbocycles. The number of anilines is 1. The van der Waals surface area contributed by atoms with Gasteiger partial charge in [-0.25, -0.2) is 4.98 Å². The summed E-state index contributed by atoms with van der Waals surface area (Å²) in [6.07, 6.45) is 1.42. The number of benzene rings is 2. The predicted octanol–water partition coefficient (Wildman–Crippen LogP) is 4.20. The minimum Gasteiger partial charge on any atom is -0.497 e. The molecule has 0 aliphatic heterocycles. The topological polar surface area (TPSA) is 117 Å². The first-order valence-corrected chi connectivity index (χ1v) is 9.76. The Morgan fingerprint density at radius 2 is 1.77 bits per heavy atom. The molecule has 0 atom stereocenters. The summed E-state index contributed by atoms with van der Waals surface area (Å²) in [5.41, 5.74) is 4.57. The Labute approximate surface area is 182 Å². The monoisotopic (exact) mass is 444 g/mol. The van der Waals surface area contributed by atoms with Crippen LogP contribution in [0.1, 0.15) is 5.56 Å². The minimum absolute atomic E-state index is 0.102. The van der Waals surface area contributed by atoms with Gasteiger partial charge in [-0.2, -0.15) is 5.10 Å². The van der Waals surface area contributed by atoms with Crippen LogP contribution in [-0.2, 0) is 0 Å². The fraction of sp³-hybridized carbons (Fsp3) is 0.200. The zero-order valence-corrected chi connectivity index (χ0v) is 18.1. The molecular weight excluding hydrogens is 424 g/mol. The number of aromatic nitrogens is 1. The molecule has 11 heteroatoms. The van der Waals surface area contributed by atoms with E-state index in [9.17, 15) is 10.1 Å². The summed E-state index contributed by atoms with van der Waals surface area (Å²) in [5.74, 6) is 1.80. The number of methoxy groups -OCH3 is 4. The zero-order chi connectivity index (χ0) is 22.4. The van der Waals surface area contributed by atoms with Gasteiger partial charge >= 0.3 is 5.69 Å². The number of hydrogen-bond acceptors (Lipinski definition) is 10. The average Bonchev–Trinajstić information content (AvgIpc) is 3.26. The lowest BCUT2D eigenvalue weighted by Gasteiger charge is -2.08. The Balaban J connectivity index is 1.81. The molecule has 0 aliphatic rings. The largest absolute Gasteiger partial charge is 0.497 e. The Hall–Kier alpha value is -3.86. The molecule has 0 fully saturated rings. The van der Waals surface area contributed by atoms with E-state index in [4.69, 9.17) is 18.9 Å². The molecule has 1 aromatic heterocycles. The fourth-order valence-corrected chi connectivity index (χ4v) is 3.43. The third-order valence-electron chi connectivity index (χ3n) is 4.28. The Kier molecular flexibility index (Phi) is 6.88. The van der Waals surface area contributed by atoms with E-state index < -0.39 is 4.92 Å². The summed E-state index contributed by atoms with van der Waals surface area (Å²) in [5, 5.41) is 17.8. The van der Waals surface area contributed by atoms with Crippen molar-refractivity contribution in [1.29, 1.82) is 0 Å². The van der Waals surface area contributed by atoms with E-state index in [-0.39, 0.29) is 11.4 Å². The Bertz CT molecular complexity index is 1120. The van der Waals surface area contributed by atoms with Gasteiger partial charge in [0, 0.05) is 34.7 Å². The van der Waals surface area contributed by atoms with Gasteiger partial charge in [-0.15, -0.1) is 11.3 Å². The van der Waals surface area contributed by atoms with Crippen LogP contribution in [-0.4, -0.2) is 44.6 Å². The van der Waals surface area contributed by atoms with Gasteiger partial charge in [0.25, 0.3) is 0 Å². The highest BCUT2D eigenvalue weighted by atomic mass is 32.1. The van der Waals surface area contributed by atoms with Crippen LogP contribution in [0.3, 0.4) is 0 Å². The second-order valence-corrected chi connectivity index (χ2v) is 6.86. The van der Waals surface area contributed by atoms with Crippen LogP contribution in [0.15, 0.2) is 40.8 Å². The van der Waals surface area contributed by atoms with Crippen molar-refractivity contribution in [2.75, 3.05) is 33.9 Å². The lowest BCUT2D eigenvalue weighted by atomic mass is 10.1. The standard InChI is InChI=1S/C20H20N4O6S/c1-27-13-5-6-14(18(8-13)29-3)15-11-31-20(22-15)23-21-10-12-7-16(24(25)26)19(30-4)9-17(12)28-2/h5-11H,1-4H3,(H,22,23)/b21-10-. The summed E-state index contributed by atoms with van der Waals surface area (Å²) in [6.45, 7) is 0. The van der Waals surface area contributed by atoms with Gasteiger partial charge in [0.05, 0.1) is 45.3 Å². The van der Waals surface area contributed by atoms with Crippen molar-refractivity contribution in [3.05, 3.63) is 51.4 Å². The van der Waals surface area contributed by atoms with Crippen molar-refractivity contribution in [1.82, 2.24) is 4.98 Å². The van der Waals surface area contributed by atoms with E-state index in [0.29, 0.717) is 33.6 Å². The number of nitro benzene ring substituents is 1. The SMILES string of the molecule is COc1ccc(-c2csc(N/N=C\c3cc([N+](=O)[O-])c(OC)cc3OC)n2)c(OC)c1. The molecule has 0 unspecified atom stereocenters. The molecule has 2 aromatic carbocycles. The van der Waals surface area contributed by atoms with Gasteiger partial charge in [0.2, 0.25) is 10.9 Å². The first kappa shape index (κ1) is 21.8. The molecule has 3 rings (SSSR count). The van der Waals surface area contributed by atoms with Gasteiger partial charge in [0.1, 0.15) is 17.2 Å². The maximum atomic E-state index is 11.3. The fourth-order valence-electron chi connectivity index (χ4n) is 2.77. The highest BCUT2D eigenvalue weighted by molar-refractivity contribution is 7.14. The summed E-state index contributed by atoms with van der Waals surface area (Å²) in [4.78, 5) is 15.2. The van der Waals surface area contributed by atoms with Crippen molar-refractivity contribution in [2.45, 2.75) is 0 Å². The highest BCUT2D eigenvalue weighted by Crippen LogP contribution is 2.35. The highest BCUT2D eigenvalue weighted by Gasteiger charge is 2.19. The second-order valence-electron chi connectivity index (χ2n) is 6.00. The molecule has 0 amide bonds. The normalized spacial score (nSPS) is 10.7. The van der Waals surface area contributed by atoms with Crippen molar-refractivity contribution in [3.8, 4) is 34.3 Å². The van der Waals surface area contributed by atoms with E-state index in [1.54, 1.807) is 20.3 Å².